The molecule has 0 saturated carbocycles. The van der Waals surface area contributed by atoms with Gasteiger partial charge in [0.1, 0.15) is 0 Å². The van der Waals surface area contributed by atoms with Crippen molar-refractivity contribution in [1.82, 2.24) is 0 Å². The van der Waals surface area contributed by atoms with Gasteiger partial charge in [-0.2, -0.15) is 0 Å². The molecular formula is C23H48O3Si. The molecule has 0 aliphatic carbocycles. The van der Waals surface area contributed by atoms with Crippen LogP contribution in [0.15, 0.2) is 0 Å². The molecule has 0 aromatic carbocycles. The topological polar surface area (TPSA) is 35.5 Å². The Labute approximate surface area is 171 Å². The Kier molecular flexibility index (Phi) is 10.8. The molecule has 0 unspecified atom stereocenters. The summed E-state index contributed by atoms with van der Waals surface area (Å²) < 4.78 is 12.7. The number of carbonyl (C=O) groups excluding carboxylic acids is 1. The summed E-state index contributed by atoms with van der Waals surface area (Å²) in [4.78, 5) is 13.0. The highest BCUT2D eigenvalue weighted by Gasteiger charge is 2.55. The van der Waals surface area contributed by atoms with Gasteiger partial charge in [-0.1, -0.05) is 73.1 Å². The molecule has 0 rings (SSSR count). The van der Waals surface area contributed by atoms with Gasteiger partial charge in [0.05, 0.1) is 17.6 Å². The minimum Gasteiger partial charge on any atom is -0.465 e. The highest BCUT2D eigenvalue weighted by molar-refractivity contribution is 6.74. The van der Waals surface area contributed by atoms with E-state index in [4.69, 9.17) is 9.16 Å². The summed E-state index contributed by atoms with van der Waals surface area (Å²) in [5.74, 6) is -0.114. The van der Waals surface area contributed by atoms with E-state index in [1.165, 1.54) is 25.7 Å². The van der Waals surface area contributed by atoms with Gasteiger partial charge in [-0.05, 0) is 51.7 Å². The Morgan fingerprint density at radius 1 is 0.815 bits per heavy atom. The van der Waals surface area contributed by atoms with Crippen molar-refractivity contribution in [1.29, 1.82) is 0 Å². The Bertz CT molecular complexity index is 425. The average molecular weight is 401 g/mol. The van der Waals surface area contributed by atoms with Crippen molar-refractivity contribution in [3.63, 3.8) is 0 Å². The van der Waals surface area contributed by atoms with Crippen LogP contribution in [-0.2, 0) is 14.0 Å². The molecule has 27 heavy (non-hydrogen) atoms. The van der Waals surface area contributed by atoms with Crippen molar-refractivity contribution in [3.05, 3.63) is 0 Å². The maximum absolute atomic E-state index is 13.0. The lowest BCUT2D eigenvalue weighted by atomic mass is 9.69. The molecule has 0 spiro atoms. The Balaban J connectivity index is 6.09. The van der Waals surface area contributed by atoms with Gasteiger partial charge >= 0.3 is 5.97 Å². The minimum atomic E-state index is -2.05. The number of hydrogen-bond donors (Lipinski definition) is 0. The highest BCUT2D eigenvalue weighted by atomic mass is 28.4. The Morgan fingerprint density at radius 2 is 1.26 bits per heavy atom. The van der Waals surface area contributed by atoms with E-state index in [9.17, 15) is 4.79 Å². The first kappa shape index (κ1) is 26.6. The summed E-state index contributed by atoms with van der Waals surface area (Å²) in [6.07, 6.45) is 8.76. The lowest BCUT2D eigenvalue weighted by molar-refractivity contribution is -0.171. The van der Waals surface area contributed by atoms with Gasteiger partial charge in [0.2, 0.25) is 0 Å². The second kappa shape index (κ2) is 11.0. The first-order valence-electron chi connectivity index (χ1n) is 11.2. The van der Waals surface area contributed by atoms with E-state index in [0.717, 1.165) is 25.7 Å². The second-order valence-corrected chi connectivity index (χ2v) is 14.8. The molecule has 0 aromatic heterocycles. The molecule has 0 aliphatic rings. The van der Waals surface area contributed by atoms with Crippen LogP contribution in [0.2, 0.25) is 18.1 Å². The van der Waals surface area contributed by atoms with Gasteiger partial charge in [0, 0.05) is 0 Å². The predicted octanol–water partition coefficient (Wildman–Crippen LogP) is 7.50. The zero-order chi connectivity index (χ0) is 21.4. The number of hydrogen-bond acceptors (Lipinski definition) is 3. The van der Waals surface area contributed by atoms with Gasteiger partial charge in [-0.3, -0.25) is 4.79 Å². The van der Waals surface area contributed by atoms with Crippen molar-refractivity contribution in [2.75, 3.05) is 6.61 Å². The summed E-state index contributed by atoms with van der Waals surface area (Å²) in [5, 5.41) is 0.110. The van der Waals surface area contributed by atoms with Crippen LogP contribution in [0.25, 0.3) is 0 Å². The highest BCUT2D eigenvalue weighted by Crippen LogP contribution is 2.49. The van der Waals surface area contributed by atoms with Crippen LogP contribution in [0.3, 0.4) is 0 Å². The number of esters is 1. The van der Waals surface area contributed by atoms with Crippen molar-refractivity contribution in [2.24, 2.45) is 5.41 Å². The van der Waals surface area contributed by atoms with E-state index in [1.807, 2.05) is 6.92 Å². The molecule has 0 aliphatic heterocycles. The van der Waals surface area contributed by atoms with Crippen molar-refractivity contribution < 1.29 is 14.0 Å². The van der Waals surface area contributed by atoms with Crippen LogP contribution in [0.1, 0.15) is 107 Å². The molecule has 0 fully saturated rings. The van der Waals surface area contributed by atoms with Crippen LogP contribution in [0.4, 0.5) is 0 Å². The molecule has 162 valence electrons. The standard InChI is InChI=1S/C23H48O3Si/c1-11-14-16-18-23(19-17-15-12-2,22(7,8)20(24)25-13-3)26-27(9,10)21(4,5)6/h11-19H2,1-10H3. The van der Waals surface area contributed by atoms with Gasteiger partial charge in [-0.15, -0.1) is 0 Å². The molecule has 0 bridgehead atoms. The molecule has 0 N–H and O–H groups in total. The Hall–Kier alpha value is -0.353. The molecule has 0 aromatic rings. The van der Waals surface area contributed by atoms with Gasteiger partial charge in [0.15, 0.2) is 8.32 Å². The molecule has 3 nitrogen and oxygen atoms in total. The molecule has 0 atom stereocenters. The average Bonchev–Trinajstić information content (AvgIpc) is 2.53. The molecule has 0 saturated heterocycles. The maximum atomic E-state index is 13.0. The summed E-state index contributed by atoms with van der Waals surface area (Å²) >= 11 is 0. The van der Waals surface area contributed by atoms with Crippen LogP contribution in [0, 0.1) is 5.41 Å². The fraction of sp³-hybridized carbons (Fsp3) is 0.957. The largest absolute Gasteiger partial charge is 0.465 e. The first-order valence-corrected chi connectivity index (χ1v) is 14.1. The smallest absolute Gasteiger partial charge is 0.314 e. The van der Waals surface area contributed by atoms with Crippen LogP contribution in [0.5, 0.6) is 0 Å². The van der Waals surface area contributed by atoms with Crippen LogP contribution in [-0.4, -0.2) is 26.5 Å². The fourth-order valence-corrected chi connectivity index (χ4v) is 5.18. The summed E-state index contributed by atoms with van der Waals surface area (Å²) in [7, 11) is -2.05. The number of ether oxygens (including phenoxy) is 1. The number of rotatable bonds is 13. The maximum Gasteiger partial charge on any atom is 0.314 e. The lowest BCUT2D eigenvalue weighted by Crippen LogP contribution is -2.59. The molecule has 0 amide bonds. The first-order chi connectivity index (χ1) is 12.3. The normalized spacial score (nSPS) is 13.7. The predicted molar refractivity (Wildman–Crippen MR) is 120 cm³/mol. The minimum absolute atomic E-state index is 0.110. The molecule has 4 heteroatoms. The van der Waals surface area contributed by atoms with Crippen LogP contribution >= 0.6 is 0 Å². The number of carbonyl (C=O) groups is 1. The zero-order valence-electron chi connectivity index (χ0n) is 20.1. The van der Waals surface area contributed by atoms with Crippen molar-refractivity contribution >= 4 is 14.3 Å². The lowest BCUT2D eigenvalue weighted by Gasteiger charge is -2.52. The number of unbranched alkanes of at least 4 members (excludes halogenated alkanes) is 4. The SMILES string of the molecule is CCCCCC(CCCCC)(O[Si](C)(C)C(C)(C)C)C(C)(C)C(=O)OCC. The molecule has 0 heterocycles. The molecule has 0 radical (unpaired) electrons. The summed E-state index contributed by atoms with van der Waals surface area (Å²) in [5.41, 5.74) is -1.10. The quantitative estimate of drug-likeness (QED) is 0.182. The van der Waals surface area contributed by atoms with E-state index in [1.54, 1.807) is 0 Å². The van der Waals surface area contributed by atoms with Crippen molar-refractivity contribution in [2.45, 2.75) is 130 Å². The third-order valence-corrected chi connectivity index (χ3v) is 11.1. The van der Waals surface area contributed by atoms with Gasteiger partial charge in [0.25, 0.3) is 0 Å². The van der Waals surface area contributed by atoms with Crippen LogP contribution < -0.4 is 0 Å². The third kappa shape index (κ3) is 7.19. The summed E-state index contributed by atoms with van der Waals surface area (Å²) in [6, 6.07) is 0. The third-order valence-electron chi connectivity index (χ3n) is 6.55. The zero-order valence-corrected chi connectivity index (χ0v) is 21.1. The summed E-state index contributed by atoms with van der Waals surface area (Å²) in [6.45, 7) is 22.3. The monoisotopic (exact) mass is 400 g/mol. The van der Waals surface area contributed by atoms with Gasteiger partial charge < -0.3 is 9.16 Å². The van der Waals surface area contributed by atoms with E-state index < -0.39 is 19.3 Å². The van der Waals surface area contributed by atoms with E-state index >= 15 is 0 Å². The Morgan fingerprint density at radius 3 is 1.59 bits per heavy atom. The fourth-order valence-electron chi connectivity index (χ4n) is 3.44. The second-order valence-electron chi connectivity index (χ2n) is 10.1. The van der Waals surface area contributed by atoms with E-state index in [-0.39, 0.29) is 11.0 Å². The molecular weight excluding hydrogens is 352 g/mol. The van der Waals surface area contributed by atoms with Gasteiger partial charge in [-0.25, -0.2) is 0 Å². The van der Waals surface area contributed by atoms with Crippen molar-refractivity contribution in [3.8, 4) is 0 Å². The van der Waals surface area contributed by atoms with E-state index in [0.29, 0.717) is 6.61 Å². The van der Waals surface area contributed by atoms with E-state index in [2.05, 4.69) is 61.6 Å².